The Balaban J connectivity index is 2.65. The van der Waals surface area contributed by atoms with E-state index in [1.54, 1.807) is 0 Å². The summed E-state index contributed by atoms with van der Waals surface area (Å²) in [5.74, 6) is 0.804. The zero-order valence-electron chi connectivity index (χ0n) is 9.49. The Hall–Kier alpha value is -1.40. The van der Waals surface area contributed by atoms with Crippen molar-refractivity contribution in [3.63, 3.8) is 0 Å². The maximum absolute atomic E-state index is 10.0. The van der Waals surface area contributed by atoms with Gasteiger partial charge in [-0.15, -0.1) is 0 Å². The standard InChI is InChI=1S/C11H12BrN3O2/c1-5-3-7(12)10(16)9(6(5)2)11-14-8(4-13)17-15-11/h3,16H,4,13H2,1-2H3. The summed E-state index contributed by atoms with van der Waals surface area (Å²) in [6.45, 7) is 4.03. The van der Waals surface area contributed by atoms with Crippen LogP contribution in [0.1, 0.15) is 17.0 Å². The van der Waals surface area contributed by atoms with Crippen LogP contribution in [0.5, 0.6) is 5.75 Å². The summed E-state index contributed by atoms with van der Waals surface area (Å²) in [5, 5.41) is 13.9. The zero-order valence-corrected chi connectivity index (χ0v) is 11.1. The molecule has 1 heterocycles. The molecule has 0 aliphatic carbocycles. The summed E-state index contributed by atoms with van der Waals surface area (Å²) < 4.78 is 5.55. The average Bonchev–Trinajstić information content (AvgIpc) is 2.75. The van der Waals surface area contributed by atoms with Gasteiger partial charge < -0.3 is 15.4 Å². The van der Waals surface area contributed by atoms with E-state index >= 15 is 0 Å². The molecule has 1 aromatic carbocycles. The molecule has 6 heteroatoms. The van der Waals surface area contributed by atoms with Crippen molar-refractivity contribution in [3.05, 3.63) is 27.6 Å². The average molecular weight is 298 g/mol. The fraction of sp³-hybridized carbons (Fsp3) is 0.273. The van der Waals surface area contributed by atoms with Crippen molar-refractivity contribution >= 4 is 15.9 Å². The van der Waals surface area contributed by atoms with Gasteiger partial charge in [-0.1, -0.05) is 5.16 Å². The zero-order chi connectivity index (χ0) is 12.6. The van der Waals surface area contributed by atoms with Gasteiger partial charge in [-0.05, 0) is 47.0 Å². The van der Waals surface area contributed by atoms with Gasteiger partial charge in [0.2, 0.25) is 11.7 Å². The molecule has 2 rings (SSSR count). The van der Waals surface area contributed by atoms with Crippen LogP contribution in [0.3, 0.4) is 0 Å². The third-order valence-corrected chi connectivity index (χ3v) is 3.24. The van der Waals surface area contributed by atoms with Crippen LogP contribution in [0.15, 0.2) is 15.1 Å². The second-order valence-electron chi connectivity index (χ2n) is 3.74. The highest BCUT2D eigenvalue weighted by atomic mass is 79.9. The molecule has 0 atom stereocenters. The van der Waals surface area contributed by atoms with Crippen LogP contribution in [0.4, 0.5) is 0 Å². The molecule has 0 aliphatic rings. The van der Waals surface area contributed by atoms with Crippen LogP contribution in [-0.4, -0.2) is 15.2 Å². The van der Waals surface area contributed by atoms with Crippen LogP contribution < -0.4 is 5.73 Å². The summed E-state index contributed by atoms with van der Waals surface area (Å²) >= 11 is 3.29. The third kappa shape index (κ3) is 2.05. The van der Waals surface area contributed by atoms with E-state index in [0.29, 0.717) is 21.8 Å². The molecule has 0 saturated heterocycles. The van der Waals surface area contributed by atoms with Gasteiger partial charge in [0.25, 0.3) is 0 Å². The SMILES string of the molecule is Cc1cc(Br)c(O)c(-c2noc(CN)n2)c1C. The molecule has 0 fully saturated rings. The van der Waals surface area contributed by atoms with Gasteiger partial charge in [0.1, 0.15) is 5.75 Å². The van der Waals surface area contributed by atoms with Crippen LogP contribution in [0.25, 0.3) is 11.4 Å². The Labute approximate surface area is 107 Å². The maximum atomic E-state index is 10.0. The maximum Gasteiger partial charge on any atom is 0.240 e. The molecule has 0 spiro atoms. The van der Waals surface area contributed by atoms with E-state index in [0.717, 1.165) is 11.1 Å². The molecule has 0 saturated carbocycles. The number of nitrogens with zero attached hydrogens (tertiary/aromatic N) is 2. The summed E-state index contributed by atoms with van der Waals surface area (Å²) in [6.07, 6.45) is 0. The van der Waals surface area contributed by atoms with E-state index in [1.165, 1.54) is 0 Å². The smallest absolute Gasteiger partial charge is 0.240 e. The summed E-state index contributed by atoms with van der Waals surface area (Å²) in [5.41, 5.74) is 7.92. The van der Waals surface area contributed by atoms with Gasteiger partial charge in [0, 0.05) is 0 Å². The van der Waals surface area contributed by atoms with E-state index in [1.807, 2.05) is 19.9 Å². The van der Waals surface area contributed by atoms with Crippen molar-refractivity contribution in [1.82, 2.24) is 10.1 Å². The molecule has 3 N–H and O–H groups in total. The Morgan fingerprint density at radius 2 is 2.18 bits per heavy atom. The normalized spacial score (nSPS) is 10.8. The number of halogens is 1. The number of rotatable bonds is 2. The number of phenolic OH excluding ortho intramolecular Hbond substituents is 1. The van der Waals surface area contributed by atoms with Crippen LogP contribution in [0.2, 0.25) is 0 Å². The Bertz CT molecular complexity index is 540. The van der Waals surface area contributed by atoms with Gasteiger partial charge in [-0.25, -0.2) is 0 Å². The van der Waals surface area contributed by atoms with Gasteiger partial charge >= 0.3 is 0 Å². The Morgan fingerprint density at radius 1 is 1.47 bits per heavy atom. The number of nitrogens with two attached hydrogens (primary N) is 1. The second kappa shape index (κ2) is 4.46. The predicted octanol–water partition coefficient (Wildman–Crippen LogP) is 2.28. The molecular weight excluding hydrogens is 286 g/mol. The number of aromatic hydroxyl groups is 1. The number of aromatic nitrogens is 2. The van der Waals surface area contributed by atoms with Crippen molar-refractivity contribution in [2.75, 3.05) is 0 Å². The van der Waals surface area contributed by atoms with E-state index in [-0.39, 0.29) is 12.3 Å². The van der Waals surface area contributed by atoms with Crippen molar-refractivity contribution in [1.29, 1.82) is 0 Å². The number of hydrogen-bond acceptors (Lipinski definition) is 5. The fourth-order valence-corrected chi connectivity index (χ4v) is 2.12. The van der Waals surface area contributed by atoms with Crippen molar-refractivity contribution < 1.29 is 9.63 Å². The van der Waals surface area contributed by atoms with E-state index in [2.05, 4.69) is 26.1 Å². The summed E-state index contributed by atoms with van der Waals surface area (Å²) in [4.78, 5) is 4.12. The minimum absolute atomic E-state index is 0.109. The first kappa shape index (κ1) is 12.1. The topological polar surface area (TPSA) is 85.2 Å². The molecule has 1 aromatic heterocycles. The number of aryl methyl sites for hydroxylation is 1. The predicted molar refractivity (Wildman–Crippen MR) is 66.5 cm³/mol. The monoisotopic (exact) mass is 297 g/mol. The lowest BCUT2D eigenvalue weighted by molar-refractivity contribution is 0.380. The van der Waals surface area contributed by atoms with E-state index in [9.17, 15) is 5.11 Å². The highest BCUT2D eigenvalue weighted by Gasteiger charge is 2.18. The third-order valence-electron chi connectivity index (χ3n) is 2.64. The lowest BCUT2D eigenvalue weighted by Gasteiger charge is -2.09. The largest absolute Gasteiger partial charge is 0.506 e. The second-order valence-corrected chi connectivity index (χ2v) is 4.59. The minimum atomic E-state index is 0.109. The number of hydrogen-bond donors (Lipinski definition) is 2. The first-order valence-electron chi connectivity index (χ1n) is 5.06. The lowest BCUT2D eigenvalue weighted by Crippen LogP contribution is -1.96. The molecule has 17 heavy (non-hydrogen) atoms. The molecule has 2 aromatic rings. The molecule has 0 aliphatic heterocycles. The molecule has 0 amide bonds. The Kier molecular flexibility index (Phi) is 3.17. The van der Waals surface area contributed by atoms with E-state index in [4.69, 9.17) is 10.3 Å². The first-order valence-corrected chi connectivity index (χ1v) is 5.85. The van der Waals surface area contributed by atoms with Gasteiger partial charge in [0.15, 0.2) is 0 Å². The highest BCUT2D eigenvalue weighted by molar-refractivity contribution is 9.10. The van der Waals surface area contributed by atoms with Crippen LogP contribution >= 0.6 is 15.9 Å². The van der Waals surface area contributed by atoms with Crippen LogP contribution in [0, 0.1) is 13.8 Å². The van der Waals surface area contributed by atoms with Gasteiger partial charge in [-0.3, -0.25) is 0 Å². The lowest BCUT2D eigenvalue weighted by atomic mass is 10.0. The van der Waals surface area contributed by atoms with Crippen molar-refractivity contribution in [2.45, 2.75) is 20.4 Å². The molecular formula is C11H12BrN3O2. The molecule has 90 valence electrons. The molecule has 0 bridgehead atoms. The quantitative estimate of drug-likeness (QED) is 0.888. The number of benzene rings is 1. The Morgan fingerprint density at radius 3 is 2.76 bits per heavy atom. The van der Waals surface area contributed by atoms with Gasteiger partial charge in [-0.2, -0.15) is 4.98 Å². The number of phenols is 1. The van der Waals surface area contributed by atoms with Gasteiger partial charge in [0.05, 0.1) is 16.6 Å². The summed E-state index contributed by atoms with van der Waals surface area (Å²) in [6, 6.07) is 1.85. The fourth-order valence-electron chi connectivity index (χ4n) is 1.57. The molecule has 0 radical (unpaired) electrons. The molecule has 5 nitrogen and oxygen atoms in total. The van der Waals surface area contributed by atoms with Crippen molar-refractivity contribution in [3.8, 4) is 17.1 Å². The van der Waals surface area contributed by atoms with Crippen molar-refractivity contribution in [2.24, 2.45) is 5.73 Å². The minimum Gasteiger partial charge on any atom is -0.506 e. The molecule has 0 unspecified atom stereocenters. The summed E-state index contributed by atoms with van der Waals surface area (Å²) in [7, 11) is 0. The highest BCUT2D eigenvalue weighted by Crippen LogP contribution is 2.38. The van der Waals surface area contributed by atoms with Crippen LogP contribution in [-0.2, 0) is 6.54 Å². The van der Waals surface area contributed by atoms with E-state index < -0.39 is 0 Å². The first-order chi connectivity index (χ1) is 8.04.